The molecule has 4 nitrogen and oxygen atoms in total. The summed E-state index contributed by atoms with van der Waals surface area (Å²) in [6, 6.07) is 6.11. The molecule has 0 saturated heterocycles. The van der Waals surface area contributed by atoms with Gasteiger partial charge in [0.15, 0.2) is 5.11 Å². The number of aryl methyl sites for hydroxylation is 2. The SMILES string of the molecule is Cc1cc2cc(CCNC(=S)NC(C)(C)C)c(=O)[nH]c2cc1C. The van der Waals surface area contributed by atoms with Crippen LogP contribution in [0.3, 0.4) is 0 Å². The molecule has 0 aliphatic carbocycles. The maximum absolute atomic E-state index is 12.2. The van der Waals surface area contributed by atoms with Crippen LogP contribution in [0.2, 0.25) is 0 Å². The molecule has 5 heteroatoms. The minimum atomic E-state index is -0.0696. The highest BCUT2D eigenvalue weighted by Gasteiger charge is 2.11. The van der Waals surface area contributed by atoms with E-state index in [0.717, 1.165) is 16.5 Å². The quantitative estimate of drug-likeness (QED) is 0.757. The summed E-state index contributed by atoms with van der Waals surface area (Å²) >= 11 is 5.25. The van der Waals surface area contributed by atoms with Crippen LogP contribution < -0.4 is 16.2 Å². The van der Waals surface area contributed by atoms with Gasteiger partial charge in [-0.2, -0.15) is 0 Å². The Balaban J connectivity index is 2.09. The van der Waals surface area contributed by atoms with Gasteiger partial charge in [-0.3, -0.25) is 4.79 Å². The first kappa shape index (κ1) is 17.5. The minimum absolute atomic E-state index is 0.0303. The van der Waals surface area contributed by atoms with Gasteiger partial charge in [0.25, 0.3) is 5.56 Å². The Kier molecular flexibility index (Phi) is 5.09. The molecule has 2 aromatic rings. The van der Waals surface area contributed by atoms with Crippen LogP contribution in [0.4, 0.5) is 0 Å². The van der Waals surface area contributed by atoms with E-state index in [4.69, 9.17) is 12.2 Å². The van der Waals surface area contributed by atoms with Gasteiger partial charge in [-0.05, 0) is 88.0 Å². The number of hydrogen-bond acceptors (Lipinski definition) is 2. The van der Waals surface area contributed by atoms with Gasteiger partial charge in [0.05, 0.1) is 0 Å². The van der Waals surface area contributed by atoms with Crippen LogP contribution in [0.1, 0.15) is 37.5 Å². The normalized spacial score (nSPS) is 11.5. The fourth-order valence-corrected chi connectivity index (χ4v) is 2.81. The monoisotopic (exact) mass is 331 g/mol. The van der Waals surface area contributed by atoms with Gasteiger partial charge >= 0.3 is 0 Å². The molecule has 0 aliphatic rings. The average molecular weight is 331 g/mol. The predicted molar refractivity (Wildman–Crippen MR) is 101 cm³/mol. The Morgan fingerprint density at radius 3 is 2.48 bits per heavy atom. The van der Waals surface area contributed by atoms with Crippen LogP contribution in [0.15, 0.2) is 23.0 Å². The number of aromatic amines is 1. The zero-order valence-electron chi connectivity index (χ0n) is 14.5. The van der Waals surface area contributed by atoms with Gasteiger partial charge in [-0.1, -0.05) is 0 Å². The third-order valence-corrected chi connectivity index (χ3v) is 3.95. The van der Waals surface area contributed by atoms with Gasteiger partial charge in [-0.15, -0.1) is 0 Å². The molecular formula is C18H25N3OS. The molecule has 0 atom stereocenters. The second-order valence-corrected chi connectivity index (χ2v) is 7.44. The number of rotatable bonds is 3. The van der Waals surface area contributed by atoms with E-state index in [9.17, 15) is 4.79 Å². The molecule has 0 amide bonds. The van der Waals surface area contributed by atoms with Crippen LogP contribution in [0.25, 0.3) is 10.9 Å². The number of benzene rings is 1. The van der Waals surface area contributed by atoms with Crippen LogP contribution in [0, 0.1) is 13.8 Å². The molecule has 1 aromatic carbocycles. The smallest absolute Gasteiger partial charge is 0.251 e. The van der Waals surface area contributed by atoms with E-state index in [0.29, 0.717) is 18.1 Å². The molecule has 0 spiro atoms. The number of nitrogens with one attached hydrogen (secondary N) is 3. The highest BCUT2D eigenvalue weighted by Crippen LogP contribution is 2.17. The minimum Gasteiger partial charge on any atom is -0.362 e. The van der Waals surface area contributed by atoms with Crippen LogP contribution in [-0.4, -0.2) is 22.2 Å². The first-order chi connectivity index (χ1) is 10.7. The van der Waals surface area contributed by atoms with E-state index >= 15 is 0 Å². The van der Waals surface area contributed by atoms with Crippen molar-refractivity contribution >= 4 is 28.2 Å². The van der Waals surface area contributed by atoms with Gasteiger partial charge < -0.3 is 15.6 Å². The van der Waals surface area contributed by atoms with E-state index < -0.39 is 0 Å². The lowest BCUT2D eigenvalue weighted by atomic mass is 10.0. The lowest BCUT2D eigenvalue weighted by Crippen LogP contribution is -2.46. The van der Waals surface area contributed by atoms with Crippen molar-refractivity contribution in [1.29, 1.82) is 0 Å². The molecule has 3 N–H and O–H groups in total. The highest BCUT2D eigenvalue weighted by atomic mass is 32.1. The summed E-state index contributed by atoms with van der Waals surface area (Å²) in [5.74, 6) is 0. The number of thiocarbonyl (C=S) groups is 1. The van der Waals surface area contributed by atoms with E-state index in [1.54, 1.807) is 0 Å². The van der Waals surface area contributed by atoms with Gasteiger partial charge in [0.2, 0.25) is 0 Å². The molecule has 0 saturated carbocycles. The number of H-pyrrole nitrogens is 1. The molecule has 0 radical (unpaired) electrons. The molecule has 23 heavy (non-hydrogen) atoms. The fourth-order valence-electron chi connectivity index (χ4n) is 2.40. The number of fused-ring (bicyclic) bond motifs is 1. The summed E-state index contributed by atoms with van der Waals surface area (Å²) < 4.78 is 0. The van der Waals surface area contributed by atoms with Gasteiger partial charge in [-0.25, -0.2) is 0 Å². The Morgan fingerprint density at radius 2 is 1.83 bits per heavy atom. The summed E-state index contributed by atoms with van der Waals surface area (Å²) in [6.07, 6.45) is 0.629. The van der Waals surface area contributed by atoms with Crippen molar-refractivity contribution < 1.29 is 0 Å². The summed E-state index contributed by atoms with van der Waals surface area (Å²) in [4.78, 5) is 15.2. The molecule has 0 bridgehead atoms. The topological polar surface area (TPSA) is 56.9 Å². The maximum Gasteiger partial charge on any atom is 0.251 e. The second-order valence-electron chi connectivity index (χ2n) is 7.03. The number of aromatic nitrogens is 1. The fraction of sp³-hybridized carbons (Fsp3) is 0.444. The lowest BCUT2D eigenvalue weighted by Gasteiger charge is -2.23. The molecule has 1 aromatic heterocycles. The Labute approximate surface area is 142 Å². The van der Waals surface area contributed by atoms with Crippen LogP contribution in [-0.2, 0) is 6.42 Å². The van der Waals surface area contributed by atoms with E-state index in [1.807, 2.05) is 19.1 Å². The first-order valence-electron chi connectivity index (χ1n) is 7.85. The molecule has 1 heterocycles. The number of pyridine rings is 1. The van der Waals surface area contributed by atoms with Crippen molar-refractivity contribution in [3.8, 4) is 0 Å². The predicted octanol–water partition coefficient (Wildman–Crippen LogP) is 2.95. The second kappa shape index (κ2) is 6.71. The largest absolute Gasteiger partial charge is 0.362 e. The van der Waals surface area contributed by atoms with Crippen molar-refractivity contribution in [2.75, 3.05) is 6.54 Å². The third-order valence-electron chi connectivity index (χ3n) is 3.70. The van der Waals surface area contributed by atoms with Crippen molar-refractivity contribution in [2.45, 2.75) is 46.6 Å². The summed E-state index contributed by atoms with van der Waals surface area (Å²) in [5.41, 5.74) is 3.97. The van der Waals surface area contributed by atoms with E-state index in [-0.39, 0.29) is 11.1 Å². The molecule has 0 fully saturated rings. The Bertz CT molecular complexity index is 787. The van der Waals surface area contributed by atoms with Crippen molar-refractivity contribution in [3.05, 3.63) is 45.2 Å². The van der Waals surface area contributed by atoms with E-state index in [1.165, 1.54) is 11.1 Å². The van der Waals surface area contributed by atoms with Gasteiger partial charge in [0, 0.05) is 23.2 Å². The standard InChI is InChI=1S/C18H25N3OS/c1-11-8-14-10-13(16(22)20-15(14)9-12(11)2)6-7-19-17(23)21-18(3,4)5/h8-10H,6-7H2,1-5H3,(H,20,22)(H2,19,21,23). The average Bonchev–Trinajstić information content (AvgIpc) is 2.39. The molecule has 0 aliphatic heterocycles. The molecule has 124 valence electrons. The van der Waals surface area contributed by atoms with Crippen molar-refractivity contribution in [1.82, 2.24) is 15.6 Å². The summed E-state index contributed by atoms with van der Waals surface area (Å²) in [5, 5.41) is 8.03. The van der Waals surface area contributed by atoms with Crippen LogP contribution >= 0.6 is 12.2 Å². The zero-order valence-corrected chi connectivity index (χ0v) is 15.3. The molecular weight excluding hydrogens is 306 g/mol. The van der Waals surface area contributed by atoms with Crippen molar-refractivity contribution in [3.63, 3.8) is 0 Å². The third kappa shape index (κ3) is 4.79. The molecule has 2 rings (SSSR count). The van der Waals surface area contributed by atoms with Crippen molar-refractivity contribution in [2.24, 2.45) is 0 Å². The Hall–Kier alpha value is -1.88. The molecule has 0 unspecified atom stereocenters. The Morgan fingerprint density at radius 1 is 1.17 bits per heavy atom. The number of hydrogen-bond donors (Lipinski definition) is 3. The van der Waals surface area contributed by atoms with Gasteiger partial charge in [0.1, 0.15) is 0 Å². The first-order valence-corrected chi connectivity index (χ1v) is 8.26. The van der Waals surface area contributed by atoms with Crippen LogP contribution in [0.5, 0.6) is 0 Å². The summed E-state index contributed by atoms with van der Waals surface area (Å²) in [6.45, 7) is 10.9. The van der Waals surface area contributed by atoms with E-state index in [2.05, 4.69) is 49.4 Å². The zero-order chi connectivity index (χ0) is 17.2. The lowest BCUT2D eigenvalue weighted by molar-refractivity contribution is 0.507. The summed E-state index contributed by atoms with van der Waals surface area (Å²) in [7, 11) is 0. The highest BCUT2D eigenvalue weighted by molar-refractivity contribution is 7.80. The maximum atomic E-state index is 12.2.